The first kappa shape index (κ1) is 15.6. The van der Waals surface area contributed by atoms with Gasteiger partial charge in [0.05, 0.1) is 11.7 Å². The Morgan fingerprint density at radius 3 is 2.91 bits per heavy atom. The van der Waals surface area contributed by atoms with Gasteiger partial charge in [-0.05, 0) is 45.6 Å². The predicted molar refractivity (Wildman–Crippen MR) is 91.1 cm³/mol. The standard InChI is InChI=1S/C18H23N3O2/c1-18(2,3)23-17(22)20-14-9-7-12(8-10-14)15-6-4-5-13-11-19-21-16(13)15/h4-7,11,14H,8-10H2,1-3H3,(H,19,21)(H,20,22). The molecule has 23 heavy (non-hydrogen) atoms. The fourth-order valence-electron chi connectivity index (χ4n) is 2.92. The fraction of sp³-hybridized carbons (Fsp3) is 0.444. The second-order valence-electron chi connectivity index (χ2n) is 6.99. The number of para-hydroxylation sites is 1. The van der Waals surface area contributed by atoms with Crippen LogP contribution in [0.15, 0.2) is 30.5 Å². The summed E-state index contributed by atoms with van der Waals surface area (Å²) in [5.74, 6) is 0. The maximum Gasteiger partial charge on any atom is 0.407 e. The highest BCUT2D eigenvalue weighted by Crippen LogP contribution is 2.31. The molecule has 1 heterocycles. The molecule has 1 aliphatic carbocycles. The summed E-state index contributed by atoms with van der Waals surface area (Å²) in [6, 6.07) is 6.36. The molecule has 0 bridgehead atoms. The fourth-order valence-corrected chi connectivity index (χ4v) is 2.92. The van der Waals surface area contributed by atoms with Crippen molar-refractivity contribution in [2.45, 2.75) is 51.7 Å². The van der Waals surface area contributed by atoms with Gasteiger partial charge in [-0.1, -0.05) is 24.3 Å². The molecule has 0 saturated heterocycles. The van der Waals surface area contributed by atoms with Gasteiger partial charge < -0.3 is 10.1 Å². The highest BCUT2D eigenvalue weighted by Gasteiger charge is 2.22. The summed E-state index contributed by atoms with van der Waals surface area (Å²) in [7, 11) is 0. The molecule has 5 nitrogen and oxygen atoms in total. The van der Waals surface area contributed by atoms with E-state index in [1.807, 2.05) is 27.0 Å². The van der Waals surface area contributed by atoms with Crippen molar-refractivity contribution >= 4 is 22.6 Å². The van der Waals surface area contributed by atoms with E-state index in [1.54, 1.807) is 0 Å². The summed E-state index contributed by atoms with van der Waals surface area (Å²) in [4.78, 5) is 11.9. The summed E-state index contributed by atoms with van der Waals surface area (Å²) in [5, 5.41) is 11.3. The molecule has 1 aliphatic rings. The lowest BCUT2D eigenvalue weighted by molar-refractivity contribution is 0.0502. The molecule has 3 rings (SSSR count). The van der Waals surface area contributed by atoms with Crippen LogP contribution in [0.5, 0.6) is 0 Å². The maximum atomic E-state index is 11.9. The first-order valence-corrected chi connectivity index (χ1v) is 8.03. The van der Waals surface area contributed by atoms with E-state index in [2.05, 4.69) is 39.8 Å². The van der Waals surface area contributed by atoms with Crippen molar-refractivity contribution in [3.8, 4) is 0 Å². The molecule has 0 saturated carbocycles. The van der Waals surface area contributed by atoms with Crippen LogP contribution in [0.3, 0.4) is 0 Å². The summed E-state index contributed by atoms with van der Waals surface area (Å²) in [5.41, 5.74) is 3.13. The van der Waals surface area contributed by atoms with Crippen LogP contribution in [0.25, 0.3) is 16.5 Å². The zero-order valence-corrected chi connectivity index (χ0v) is 13.8. The van der Waals surface area contributed by atoms with Gasteiger partial charge in [-0.25, -0.2) is 4.79 Å². The van der Waals surface area contributed by atoms with Crippen LogP contribution in [0, 0.1) is 0 Å². The molecular weight excluding hydrogens is 290 g/mol. The lowest BCUT2D eigenvalue weighted by Gasteiger charge is -2.26. The number of benzene rings is 1. The van der Waals surface area contributed by atoms with Crippen molar-refractivity contribution in [2.75, 3.05) is 0 Å². The van der Waals surface area contributed by atoms with E-state index in [4.69, 9.17) is 4.74 Å². The molecular formula is C18H23N3O2. The second-order valence-corrected chi connectivity index (χ2v) is 6.99. The van der Waals surface area contributed by atoms with Gasteiger partial charge in [0, 0.05) is 17.0 Å². The zero-order valence-electron chi connectivity index (χ0n) is 13.8. The molecule has 2 N–H and O–H groups in total. The van der Waals surface area contributed by atoms with Gasteiger partial charge in [0.25, 0.3) is 0 Å². The average Bonchev–Trinajstić information content (AvgIpc) is 2.94. The largest absolute Gasteiger partial charge is 0.444 e. The number of alkyl carbamates (subject to hydrolysis) is 1. The van der Waals surface area contributed by atoms with E-state index < -0.39 is 5.60 Å². The normalized spacial score (nSPS) is 18.6. The van der Waals surface area contributed by atoms with Crippen molar-refractivity contribution in [1.29, 1.82) is 0 Å². The highest BCUT2D eigenvalue weighted by molar-refractivity contribution is 5.90. The summed E-state index contributed by atoms with van der Waals surface area (Å²) in [6.45, 7) is 5.61. The first-order valence-electron chi connectivity index (χ1n) is 8.03. The number of ether oxygens (including phenoxy) is 1. The number of hydrogen-bond acceptors (Lipinski definition) is 3. The smallest absolute Gasteiger partial charge is 0.407 e. The number of carbonyl (C=O) groups is 1. The molecule has 0 radical (unpaired) electrons. The maximum absolute atomic E-state index is 11.9. The first-order chi connectivity index (χ1) is 10.9. The minimum Gasteiger partial charge on any atom is -0.444 e. The number of H-pyrrole nitrogens is 1. The van der Waals surface area contributed by atoms with E-state index in [-0.39, 0.29) is 12.1 Å². The number of carbonyl (C=O) groups excluding carboxylic acids is 1. The third-order valence-electron chi connectivity index (χ3n) is 3.95. The number of nitrogens with zero attached hydrogens (tertiary/aromatic N) is 1. The minimum absolute atomic E-state index is 0.134. The Morgan fingerprint density at radius 1 is 1.39 bits per heavy atom. The van der Waals surface area contributed by atoms with Gasteiger partial charge in [0.2, 0.25) is 0 Å². The monoisotopic (exact) mass is 313 g/mol. The van der Waals surface area contributed by atoms with E-state index in [9.17, 15) is 4.79 Å². The predicted octanol–water partition coefficient (Wildman–Crippen LogP) is 4.02. The van der Waals surface area contributed by atoms with E-state index in [0.717, 1.165) is 30.2 Å². The Bertz CT molecular complexity index is 740. The molecule has 1 amide bonds. The minimum atomic E-state index is -0.462. The molecule has 2 aromatic rings. The Morgan fingerprint density at radius 2 is 2.22 bits per heavy atom. The molecule has 1 aromatic heterocycles. The number of hydrogen-bond donors (Lipinski definition) is 2. The van der Waals surface area contributed by atoms with E-state index in [0.29, 0.717) is 0 Å². The molecule has 1 atom stereocenters. The molecule has 1 unspecified atom stereocenters. The molecule has 0 aliphatic heterocycles. The Kier molecular flexibility index (Phi) is 4.11. The van der Waals surface area contributed by atoms with Gasteiger partial charge in [-0.2, -0.15) is 5.10 Å². The average molecular weight is 313 g/mol. The second kappa shape index (κ2) is 6.07. The molecule has 122 valence electrons. The number of aromatic amines is 1. The van der Waals surface area contributed by atoms with Crippen molar-refractivity contribution in [1.82, 2.24) is 15.5 Å². The molecule has 5 heteroatoms. The van der Waals surface area contributed by atoms with E-state index in [1.165, 1.54) is 11.1 Å². The number of amides is 1. The van der Waals surface area contributed by atoms with Gasteiger partial charge >= 0.3 is 6.09 Å². The van der Waals surface area contributed by atoms with Gasteiger partial charge in [-0.15, -0.1) is 0 Å². The number of aromatic nitrogens is 2. The van der Waals surface area contributed by atoms with Crippen molar-refractivity contribution in [3.63, 3.8) is 0 Å². The highest BCUT2D eigenvalue weighted by atomic mass is 16.6. The zero-order chi connectivity index (χ0) is 16.4. The van der Waals surface area contributed by atoms with Crippen molar-refractivity contribution in [3.05, 3.63) is 36.0 Å². The Balaban J connectivity index is 1.67. The number of rotatable bonds is 2. The SMILES string of the molecule is CC(C)(C)OC(=O)NC1CC=C(c2cccc3cn[nH]c23)CC1. The molecule has 0 spiro atoms. The van der Waals surface area contributed by atoms with Crippen LogP contribution < -0.4 is 5.32 Å². The summed E-state index contributed by atoms with van der Waals surface area (Å²) >= 11 is 0. The lowest BCUT2D eigenvalue weighted by Crippen LogP contribution is -2.39. The molecule has 1 aromatic carbocycles. The van der Waals surface area contributed by atoms with Crippen LogP contribution in [-0.4, -0.2) is 27.9 Å². The van der Waals surface area contributed by atoms with Gasteiger partial charge in [-0.3, -0.25) is 5.10 Å². The summed E-state index contributed by atoms with van der Waals surface area (Å²) < 4.78 is 5.32. The van der Waals surface area contributed by atoms with Crippen LogP contribution in [-0.2, 0) is 4.74 Å². The van der Waals surface area contributed by atoms with Gasteiger partial charge in [0.15, 0.2) is 0 Å². The lowest BCUT2D eigenvalue weighted by atomic mass is 9.90. The van der Waals surface area contributed by atoms with Crippen LogP contribution in [0.4, 0.5) is 4.79 Å². The van der Waals surface area contributed by atoms with Crippen LogP contribution in [0.2, 0.25) is 0 Å². The van der Waals surface area contributed by atoms with Crippen molar-refractivity contribution < 1.29 is 9.53 Å². The van der Waals surface area contributed by atoms with Crippen molar-refractivity contribution in [2.24, 2.45) is 0 Å². The third kappa shape index (κ3) is 3.73. The van der Waals surface area contributed by atoms with Gasteiger partial charge in [0.1, 0.15) is 5.60 Å². The van der Waals surface area contributed by atoms with E-state index >= 15 is 0 Å². The quantitative estimate of drug-likeness (QED) is 0.880. The number of nitrogens with one attached hydrogen (secondary N) is 2. The number of allylic oxidation sites excluding steroid dienone is 1. The van der Waals surface area contributed by atoms with Crippen LogP contribution in [0.1, 0.15) is 45.6 Å². The number of fused-ring (bicyclic) bond motifs is 1. The topological polar surface area (TPSA) is 67.0 Å². The Labute approximate surface area is 136 Å². The third-order valence-corrected chi connectivity index (χ3v) is 3.95. The molecule has 0 fully saturated rings. The summed E-state index contributed by atoms with van der Waals surface area (Å²) in [6.07, 6.45) is 6.37. The van der Waals surface area contributed by atoms with Crippen LogP contribution >= 0.6 is 0 Å². The Hall–Kier alpha value is -2.30.